The Balaban J connectivity index is 2.17. The van der Waals surface area contributed by atoms with Crippen LogP contribution in [0, 0.1) is 0 Å². The van der Waals surface area contributed by atoms with E-state index >= 15 is 0 Å². The number of hydrogen-bond acceptors (Lipinski definition) is 4. The minimum Gasteiger partial charge on any atom is -0.311 e. The summed E-state index contributed by atoms with van der Waals surface area (Å²) in [5.74, 6) is 0. The molecule has 0 saturated heterocycles. The average molecular weight is 313 g/mol. The van der Waals surface area contributed by atoms with Gasteiger partial charge in [0.15, 0.2) is 0 Å². The van der Waals surface area contributed by atoms with Gasteiger partial charge in [-0.25, -0.2) is 0 Å². The highest BCUT2D eigenvalue weighted by Crippen LogP contribution is 2.27. The SMILES string of the molecule is CNC(Cc1cccs1)c1c(Cl)cnn1CCN(C)C. The van der Waals surface area contributed by atoms with Crippen molar-refractivity contribution in [2.45, 2.75) is 19.0 Å². The van der Waals surface area contributed by atoms with Crippen molar-refractivity contribution in [2.75, 3.05) is 27.7 Å². The molecule has 6 heteroatoms. The van der Waals surface area contributed by atoms with E-state index in [1.54, 1.807) is 17.5 Å². The van der Waals surface area contributed by atoms with Gasteiger partial charge in [-0.15, -0.1) is 11.3 Å². The Labute approximate surface area is 129 Å². The van der Waals surface area contributed by atoms with Gasteiger partial charge in [-0.2, -0.15) is 5.10 Å². The molecule has 110 valence electrons. The second kappa shape index (κ2) is 7.22. The van der Waals surface area contributed by atoms with Crippen molar-refractivity contribution in [3.63, 3.8) is 0 Å². The summed E-state index contributed by atoms with van der Waals surface area (Å²) in [6.07, 6.45) is 2.67. The van der Waals surface area contributed by atoms with Gasteiger partial charge in [0.1, 0.15) is 0 Å². The highest BCUT2D eigenvalue weighted by molar-refractivity contribution is 7.09. The van der Waals surface area contributed by atoms with Crippen molar-refractivity contribution in [2.24, 2.45) is 0 Å². The van der Waals surface area contributed by atoms with Crippen LogP contribution in [0.15, 0.2) is 23.7 Å². The molecular formula is C14H21ClN4S. The molecule has 0 bridgehead atoms. The Morgan fingerprint density at radius 3 is 2.90 bits per heavy atom. The molecule has 2 aromatic heterocycles. The maximum Gasteiger partial charge on any atom is 0.0834 e. The first kappa shape index (κ1) is 15.5. The predicted molar refractivity (Wildman–Crippen MR) is 85.6 cm³/mol. The smallest absolute Gasteiger partial charge is 0.0834 e. The third-order valence-corrected chi connectivity index (χ3v) is 4.45. The topological polar surface area (TPSA) is 33.1 Å². The van der Waals surface area contributed by atoms with Crippen molar-refractivity contribution < 1.29 is 0 Å². The molecule has 2 heterocycles. The van der Waals surface area contributed by atoms with E-state index in [4.69, 9.17) is 11.6 Å². The summed E-state index contributed by atoms with van der Waals surface area (Å²) in [5, 5.41) is 10.6. The Hall–Kier alpha value is -0.880. The number of nitrogens with one attached hydrogen (secondary N) is 1. The van der Waals surface area contributed by atoms with Crippen molar-refractivity contribution in [3.8, 4) is 0 Å². The van der Waals surface area contributed by atoms with Crippen LogP contribution in [-0.4, -0.2) is 42.4 Å². The number of halogens is 1. The third-order valence-electron chi connectivity index (χ3n) is 3.26. The molecule has 0 radical (unpaired) electrons. The van der Waals surface area contributed by atoms with Gasteiger partial charge in [0, 0.05) is 17.8 Å². The van der Waals surface area contributed by atoms with Gasteiger partial charge in [-0.05, 0) is 32.6 Å². The van der Waals surface area contributed by atoms with Crippen molar-refractivity contribution in [1.82, 2.24) is 20.0 Å². The largest absolute Gasteiger partial charge is 0.311 e. The van der Waals surface area contributed by atoms with Crippen LogP contribution in [-0.2, 0) is 13.0 Å². The van der Waals surface area contributed by atoms with Crippen LogP contribution in [0.3, 0.4) is 0 Å². The maximum absolute atomic E-state index is 6.34. The molecule has 0 aliphatic carbocycles. The minimum atomic E-state index is 0.186. The minimum absolute atomic E-state index is 0.186. The standard InChI is InChI=1S/C14H21ClN4S/c1-16-13(9-11-5-4-8-20-11)14-12(15)10-17-19(14)7-6-18(2)3/h4-5,8,10,13,16H,6-7,9H2,1-3H3. The van der Waals surface area contributed by atoms with E-state index in [0.29, 0.717) is 0 Å². The second-order valence-electron chi connectivity index (χ2n) is 5.03. The van der Waals surface area contributed by atoms with Gasteiger partial charge in [-0.1, -0.05) is 17.7 Å². The Kier molecular flexibility index (Phi) is 5.60. The van der Waals surface area contributed by atoms with Crippen LogP contribution in [0.25, 0.3) is 0 Å². The lowest BCUT2D eigenvalue weighted by Crippen LogP contribution is -2.25. The van der Waals surface area contributed by atoms with E-state index in [-0.39, 0.29) is 6.04 Å². The van der Waals surface area contributed by atoms with Crippen LogP contribution in [0.2, 0.25) is 5.02 Å². The number of thiophene rings is 1. The van der Waals surface area contributed by atoms with E-state index in [2.05, 4.69) is 46.9 Å². The fraction of sp³-hybridized carbons (Fsp3) is 0.500. The van der Waals surface area contributed by atoms with E-state index in [9.17, 15) is 0 Å². The monoisotopic (exact) mass is 312 g/mol. The van der Waals surface area contributed by atoms with Crippen LogP contribution >= 0.6 is 22.9 Å². The van der Waals surface area contributed by atoms with Gasteiger partial charge >= 0.3 is 0 Å². The first-order valence-electron chi connectivity index (χ1n) is 6.67. The maximum atomic E-state index is 6.34. The van der Waals surface area contributed by atoms with Crippen molar-refractivity contribution in [1.29, 1.82) is 0 Å². The molecule has 0 saturated carbocycles. The number of likely N-dealkylation sites (N-methyl/N-ethyl adjacent to an activating group) is 2. The third kappa shape index (κ3) is 3.82. The lowest BCUT2D eigenvalue weighted by Gasteiger charge is -2.19. The zero-order chi connectivity index (χ0) is 14.5. The molecule has 0 aliphatic rings. The summed E-state index contributed by atoms with van der Waals surface area (Å²) in [7, 11) is 6.09. The van der Waals surface area contributed by atoms with Gasteiger partial charge in [0.2, 0.25) is 0 Å². The molecule has 0 spiro atoms. The lowest BCUT2D eigenvalue weighted by molar-refractivity contribution is 0.363. The zero-order valence-electron chi connectivity index (χ0n) is 12.1. The highest BCUT2D eigenvalue weighted by atomic mass is 35.5. The molecule has 2 aromatic rings. The summed E-state index contributed by atoms with van der Waals surface area (Å²) in [5.41, 5.74) is 1.07. The van der Waals surface area contributed by atoms with Crippen LogP contribution in [0.5, 0.6) is 0 Å². The summed E-state index contributed by atoms with van der Waals surface area (Å²) in [6, 6.07) is 4.42. The molecule has 4 nitrogen and oxygen atoms in total. The van der Waals surface area contributed by atoms with Gasteiger partial charge in [0.05, 0.1) is 29.5 Å². The van der Waals surface area contributed by atoms with Gasteiger partial charge < -0.3 is 10.2 Å². The summed E-state index contributed by atoms with van der Waals surface area (Å²) < 4.78 is 2.01. The quantitative estimate of drug-likeness (QED) is 0.853. The molecule has 0 aliphatic heterocycles. The van der Waals surface area contributed by atoms with Crippen LogP contribution in [0.1, 0.15) is 16.6 Å². The normalized spacial score (nSPS) is 13.1. The number of hydrogen-bond donors (Lipinski definition) is 1. The molecule has 0 amide bonds. The van der Waals surface area contributed by atoms with E-state index in [1.165, 1.54) is 4.88 Å². The Morgan fingerprint density at radius 1 is 1.50 bits per heavy atom. The molecule has 0 aromatic carbocycles. The number of rotatable bonds is 7. The fourth-order valence-electron chi connectivity index (χ4n) is 2.16. The molecule has 1 unspecified atom stereocenters. The molecular weight excluding hydrogens is 292 g/mol. The second-order valence-corrected chi connectivity index (χ2v) is 6.47. The number of aromatic nitrogens is 2. The summed E-state index contributed by atoms with van der Waals surface area (Å²) in [4.78, 5) is 3.49. The van der Waals surface area contributed by atoms with Crippen molar-refractivity contribution in [3.05, 3.63) is 39.3 Å². The van der Waals surface area contributed by atoms with E-state index < -0.39 is 0 Å². The van der Waals surface area contributed by atoms with Gasteiger partial charge in [0.25, 0.3) is 0 Å². The lowest BCUT2D eigenvalue weighted by atomic mass is 10.1. The highest BCUT2D eigenvalue weighted by Gasteiger charge is 2.19. The first-order chi connectivity index (χ1) is 9.61. The van der Waals surface area contributed by atoms with Crippen LogP contribution in [0.4, 0.5) is 0 Å². The summed E-state index contributed by atoms with van der Waals surface area (Å²) >= 11 is 8.11. The molecule has 1 atom stereocenters. The number of nitrogens with zero attached hydrogens (tertiary/aromatic N) is 3. The van der Waals surface area contributed by atoms with E-state index in [1.807, 2.05) is 11.7 Å². The first-order valence-corrected chi connectivity index (χ1v) is 7.93. The Morgan fingerprint density at radius 2 is 2.30 bits per heavy atom. The van der Waals surface area contributed by atoms with Crippen LogP contribution < -0.4 is 5.32 Å². The molecule has 2 rings (SSSR count). The fourth-order valence-corrected chi connectivity index (χ4v) is 3.18. The molecule has 1 N–H and O–H groups in total. The predicted octanol–water partition coefficient (Wildman–Crippen LogP) is 2.66. The van der Waals surface area contributed by atoms with E-state index in [0.717, 1.165) is 30.2 Å². The zero-order valence-corrected chi connectivity index (χ0v) is 13.7. The Bertz CT molecular complexity index is 521. The molecule has 20 heavy (non-hydrogen) atoms. The average Bonchev–Trinajstić information content (AvgIpc) is 3.03. The van der Waals surface area contributed by atoms with Crippen molar-refractivity contribution >= 4 is 22.9 Å². The summed E-state index contributed by atoms with van der Waals surface area (Å²) in [6.45, 7) is 1.79. The van der Waals surface area contributed by atoms with Gasteiger partial charge in [-0.3, -0.25) is 4.68 Å². The molecule has 0 fully saturated rings.